The van der Waals surface area contributed by atoms with Crippen LogP contribution < -0.4 is 0 Å². The Bertz CT molecular complexity index is 1720. The number of hydrogen-bond donors (Lipinski definition) is 10. The van der Waals surface area contributed by atoms with Crippen LogP contribution in [-0.2, 0) is 42.6 Å². The van der Waals surface area contributed by atoms with Gasteiger partial charge in [-0.25, -0.2) is 0 Å². The van der Waals surface area contributed by atoms with Crippen LogP contribution in [-0.4, -0.2) is 193 Å². The number of aliphatic hydroxyl groups excluding tert-OH is 9. The molecule has 3 saturated carbocycles. The first kappa shape index (κ1) is 49.0. The fourth-order valence-corrected chi connectivity index (χ4v) is 14.3. The smallest absolute Gasteiger partial charge is 0.187 e. The lowest BCUT2D eigenvalue weighted by molar-refractivity contribution is -0.389. The van der Waals surface area contributed by atoms with E-state index >= 15 is 0 Å². The summed E-state index contributed by atoms with van der Waals surface area (Å²) in [6.45, 7) is 8.87. The van der Waals surface area contributed by atoms with Crippen LogP contribution in [0.3, 0.4) is 0 Å². The minimum atomic E-state index is -1.84. The molecule has 5 saturated heterocycles. The van der Waals surface area contributed by atoms with Crippen molar-refractivity contribution in [2.45, 2.75) is 214 Å². The average Bonchev–Trinajstić information content (AvgIpc) is 3.64. The van der Waals surface area contributed by atoms with E-state index in [9.17, 15) is 51.1 Å². The highest BCUT2D eigenvalue weighted by atomic mass is 16.8. The molecule has 372 valence electrons. The van der Waals surface area contributed by atoms with Crippen LogP contribution in [0.15, 0.2) is 11.6 Å². The maximum atomic E-state index is 12.9. The Morgan fingerprint density at radius 2 is 1.32 bits per heavy atom. The molecule has 1 spiro atoms. The third-order valence-corrected chi connectivity index (χ3v) is 18.3. The lowest BCUT2D eigenvalue weighted by Crippen LogP contribution is -2.67. The number of rotatable bonds is 9. The normalized spacial score (nSPS) is 57.8. The molecule has 10 N–H and O–H groups in total. The van der Waals surface area contributed by atoms with Crippen LogP contribution in [0.4, 0.5) is 0 Å². The molecule has 0 aromatic heterocycles. The van der Waals surface area contributed by atoms with Gasteiger partial charge in [0.05, 0.1) is 31.5 Å². The summed E-state index contributed by atoms with van der Waals surface area (Å²) in [5.74, 6) is 0.0340. The Morgan fingerprint density at radius 3 is 2.02 bits per heavy atom. The molecule has 9 rings (SSSR count). The largest absolute Gasteiger partial charge is 0.394 e. The first-order valence-corrected chi connectivity index (χ1v) is 24.0. The summed E-state index contributed by atoms with van der Waals surface area (Å²) in [5, 5.41) is 109. The van der Waals surface area contributed by atoms with Crippen molar-refractivity contribution in [3.8, 4) is 0 Å². The molecule has 5 aliphatic heterocycles. The van der Waals surface area contributed by atoms with E-state index in [-0.39, 0.29) is 41.0 Å². The molecule has 0 radical (unpaired) electrons. The summed E-state index contributed by atoms with van der Waals surface area (Å²) in [7, 11) is 1.66. The summed E-state index contributed by atoms with van der Waals surface area (Å²) in [6, 6.07) is 0. The highest BCUT2D eigenvalue weighted by Gasteiger charge is 2.76. The molecule has 0 unspecified atom stereocenters. The summed E-state index contributed by atoms with van der Waals surface area (Å²) < 4.78 is 55.5. The van der Waals surface area contributed by atoms with Crippen LogP contribution in [0.2, 0.25) is 0 Å². The maximum Gasteiger partial charge on any atom is 0.187 e. The minimum absolute atomic E-state index is 0.152. The monoisotopic (exact) mass is 930 g/mol. The van der Waals surface area contributed by atoms with Gasteiger partial charge in [-0.3, -0.25) is 0 Å². The fourth-order valence-electron chi connectivity index (χ4n) is 14.3. The quantitative estimate of drug-likeness (QED) is 0.128. The molecule has 9 aliphatic rings. The summed E-state index contributed by atoms with van der Waals surface area (Å²) in [4.78, 5) is 0. The van der Waals surface area contributed by atoms with Gasteiger partial charge < -0.3 is 93.7 Å². The van der Waals surface area contributed by atoms with Gasteiger partial charge in [-0.15, -0.1) is 0 Å². The van der Waals surface area contributed by atoms with Gasteiger partial charge in [-0.2, -0.15) is 0 Å². The van der Waals surface area contributed by atoms with Gasteiger partial charge in [0.25, 0.3) is 0 Å². The first-order chi connectivity index (χ1) is 30.8. The molecule has 27 atom stereocenters. The van der Waals surface area contributed by atoms with E-state index in [2.05, 4.69) is 33.8 Å². The molecule has 5 heterocycles. The summed E-state index contributed by atoms with van der Waals surface area (Å²) in [5.41, 5.74) is -0.327. The number of ether oxygens (including phenoxy) is 9. The predicted octanol–water partition coefficient (Wildman–Crippen LogP) is -0.698. The summed E-state index contributed by atoms with van der Waals surface area (Å²) >= 11 is 0. The van der Waals surface area contributed by atoms with E-state index in [0.29, 0.717) is 31.1 Å². The van der Waals surface area contributed by atoms with E-state index in [0.717, 1.165) is 38.5 Å². The Kier molecular flexibility index (Phi) is 13.6. The van der Waals surface area contributed by atoms with E-state index in [4.69, 9.17) is 42.6 Å². The van der Waals surface area contributed by atoms with Crippen LogP contribution >= 0.6 is 0 Å². The number of methoxy groups -OCH3 is 1. The van der Waals surface area contributed by atoms with Gasteiger partial charge in [0.1, 0.15) is 72.7 Å². The van der Waals surface area contributed by atoms with Crippen molar-refractivity contribution in [3.05, 3.63) is 11.6 Å². The van der Waals surface area contributed by atoms with Crippen LogP contribution in [0, 0.1) is 40.4 Å². The number of allylic oxidation sites excluding steroid dienone is 1. The fraction of sp³-hybridized carbons (Fsp3) is 0.957. The molecule has 4 aliphatic carbocycles. The molecule has 19 nitrogen and oxygen atoms in total. The Labute approximate surface area is 379 Å². The van der Waals surface area contributed by atoms with Crippen molar-refractivity contribution in [3.63, 3.8) is 0 Å². The standard InChI is InChI=1S/C46H74O19/c1-19-9-14-45(65-39(19)57-6)21(3)46(56)29(64-45)16-26-24-8-7-22-15-23(10-12-43(22,4)25(24)11-13-44(26,46)5)59-42-38(63-40-34(53)32(51)30(49)20(2)58-40)36(55)37(28(18-48)61-42)62-41-35(54)33(52)31(50)27(17-47)60-41/h7,19-21,23-42,47-56H,8-18H2,1-6H3/t19-,20+,21-,23+,24-,25+,26+,27-,28-,29+,30+,31-,32-,33+,34-,35-,36+,37-,38-,39-,40+,41+,42-,43+,44+,45+,46-/m1/s1. The van der Waals surface area contributed by atoms with Crippen LogP contribution in [0.1, 0.15) is 92.4 Å². The number of fused-ring (bicyclic) bond motifs is 7. The lowest BCUT2D eigenvalue weighted by atomic mass is 9.46. The van der Waals surface area contributed by atoms with Crippen molar-refractivity contribution >= 4 is 0 Å². The van der Waals surface area contributed by atoms with Gasteiger partial charge in [-0.05, 0) is 81.5 Å². The molecule has 0 aromatic rings. The third-order valence-electron chi connectivity index (χ3n) is 18.3. The number of aliphatic hydroxyl groups is 10. The van der Waals surface area contributed by atoms with E-state index in [1.54, 1.807) is 7.11 Å². The zero-order chi connectivity index (χ0) is 46.7. The Morgan fingerprint density at radius 1 is 0.662 bits per heavy atom. The van der Waals surface area contributed by atoms with Crippen LogP contribution in [0.25, 0.3) is 0 Å². The van der Waals surface area contributed by atoms with Gasteiger partial charge in [0, 0.05) is 30.8 Å². The molecule has 8 fully saturated rings. The topological polar surface area (TPSA) is 285 Å². The van der Waals surface area contributed by atoms with Crippen molar-refractivity contribution in [2.75, 3.05) is 20.3 Å². The molecular weight excluding hydrogens is 856 g/mol. The second-order valence-corrected chi connectivity index (χ2v) is 21.5. The second kappa shape index (κ2) is 18.0. The highest BCUT2D eigenvalue weighted by Crippen LogP contribution is 2.72. The molecule has 19 heteroatoms. The third kappa shape index (κ3) is 7.65. The van der Waals surface area contributed by atoms with Gasteiger partial charge >= 0.3 is 0 Å². The van der Waals surface area contributed by atoms with E-state index in [1.165, 1.54) is 12.5 Å². The predicted molar refractivity (Wildman–Crippen MR) is 222 cm³/mol. The van der Waals surface area contributed by atoms with Crippen molar-refractivity contribution in [1.82, 2.24) is 0 Å². The average molecular weight is 931 g/mol. The minimum Gasteiger partial charge on any atom is -0.394 e. The SMILES string of the molecule is CO[C@@H]1O[C@]2(CC[C@H]1C)O[C@H]1C[C@H]3[C@@H]4CC=C5C[C@@H](O[C@@H]6O[C@H](CO)[C@@H](O[C@@H]7O[C@H](CO)[C@@H](O)[C@H](O)[C@H]7O)[C@H](O)[C@H]6O[C@@H]6O[C@@H](C)[C@H](O)[C@@H](O)[C@H]6O)CC[C@]5(C)[C@H]4CC[C@]3(C)[C@@]1(O)[C@@H]2C. The molecular formula is C46H74O19. The molecule has 0 bridgehead atoms. The lowest BCUT2D eigenvalue weighted by Gasteiger charge is -2.60. The Hall–Kier alpha value is -1.02. The van der Waals surface area contributed by atoms with Gasteiger partial charge in [0.15, 0.2) is 30.9 Å². The highest BCUT2D eigenvalue weighted by molar-refractivity contribution is 5.29. The van der Waals surface area contributed by atoms with Crippen molar-refractivity contribution in [1.29, 1.82) is 0 Å². The molecule has 0 aromatic carbocycles. The van der Waals surface area contributed by atoms with Gasteiger partial charge in [-0.1, -0.05) is 39.3 Å². The maximum absolute atomic E-state index is 12.9. The van der Waals surface area contributed by atoms with E-state index in [1.807, 2.05) is 0 Å². The molecule has 65 heavy (non-hydrogen) atoms. The summed E-state index contributed by atoms with van der Waals surface area (Å²) in [6.07, 6.45) is -15.2. The van der Waals surface area contributed by atoms with E-state index < -0.39 is 123 Å². The first-order valence-electron chi connectivity index (χ1n) is 24.0. The van der Waals surface area contributed by atoms with Crippen LogP contribution in [0.5, 0.6) is 0 Å². The molecule has 0 amide bonds. The number of hydrogen-bond acceptors (Lipinski definition) is 19. The Balaban J connectivity index is 0.923. The zero-order valence-electron chi connectivity index (χ0n) is 38.3. The van der Waals surface area contributed by atoms with Crippen molar-refractivity contribution in [2.24, 2.45) is 40.4 Å². The second-order valence-electron chi connectivity index (χ2n) is 21.5. The zero-order valence-corrected chi connectivity index (χ0v) is 38.3. The van der Waals surface area contributed by atoms with Crippen molar-refractivity contribution < 1.29 is 93.7 Å². The van der Waals surface area contributed by atoms with Gasteiger partial charge in [0.2, 0.25) is 0 Å².